The van der Waals surface area contributed by atoms with E-state index in [0.717, 1.165) is 12.0 Å². The van der Waals surface area contributed by atoms with Gasteiger partial charge in [-0.15, -0.1) is 0 Å². The molecule has 1 saturated carbocycles. The van der Waals surface area contributed by atoms with E-state index in [1.54, 1.807) is 0 Å². The zero-order valence-electron chi connectivity index (χ0n) is 8.28. The molecule has 0 radical (unpaired) electrons. The summed E-state index contributed by atoms with van der Waals surface area (Å²) in [4.78, 5) is 0. The monoisotopic (exact) mass is 155 g/mol. The molecule has 2 unspecified atom stereocenters. The lowest BCUT2D eigenvalue weighted by Gasteiger charge is -2.12. The van der Waals surface area contributed by atoms with Crippen molar-refractivity contribution in [2.75, 3.05) is 7.05 Å². The van der Waals surface area contributed by atoms with Crippen LogP contribution >= 0.6 is 0 Å². The van der Waals surface area contributed by atoms with E-state index in [-0.39, 0.29) is 0 Å². The van der Waals surface area contributed by atoms with Crippen molar-refractivity contribution in [1.82, 2.24) is 5.32 Å². The number of rotatable bonds is 4. The molecular weight excluding hydrogens is 134 g/mol. The van der Waals surface area contributed by atoms with Crippen LogP contribution in [0, 0.1) is 11.3 Å². The molecule has 1 fully saturated rings. The summed E-state index contributed by atoms with van der Waals surface area (Å²) in [6.45, 7) is 7.01. The normalized spacial score (nSPS) is 36.3. The lowest BCUT2D eigenvalue weighted by Crippen LogP contribution is -2.16. The number of nitrogens with one attached hydrogen (secondary N) is 1. The minimum absolute atomic E-state index is 0.638. The fourth-order valence-electron chi connectivity index (χ4n) is 1.75. The molecule has 1 N–H and O–H groups in total. The molecule has 0 saturated heterocycles. The zero-order chi connectivity index (χ0) is 8.48. The topological polar surface area (TPSA) is 12.0 Å². The quantitative estimate of drug-likeness (QED) is 0.657. The molecule has 0 aliphatic heterocycles. The maximum absolute atomic E-state index is 3.35. The Morgan fingerprint density at radius 3 is 2.55 bits per heavy atom. The standard InChI is InChI=1S/C10H21N/c1-8(2)5-6-10(3)7-9(10)11-4/h8-9,11H,5-7H2,1-4H3. The number of hydrogen-bond donors (Lipinski definition) is 1. The molecule has 0 heterocycles. The average molecular weight is 155 g/mol. The Kier molecular flexibility index (Phi) is 2.58. The largest absolute Gasteiger partial charge is 0.316 e. The van der Waals surface area contributed by atoms with Crippen LogP contribution in [0.3, 0.4) is 0 Å². The molecule has 1 nitrogen and oxygen atoms in total. The van der Waals surface area contributed by atoms with Crippen molar-refractivity contribution in [3.63, 3.8) is 0 Å². The second-order valence-electron chi connectivity index (χ2n) is 4.63. The van der Waals surface area contributed by atoms with Crippen LogP contribution in [-0.4, -0.2) is 13.1 Å². The average Bonchev–Trinajstić information content (AvgIpc) is 2.59. The predicted molar refractivity (Wildman–Crippen MR) is 49.6 cm³/mol. The Morgan fingerprint density at radius 2 is 2.18 bits per heavy atom. The van der Waals surface area contributed by atoms with Crippen molar-refractivity contribution in [1.29, 1.82) is 0 Å². The summed E-state index contributed by atoms with van der Waals surface area (Å²) in [7, 11) is 2.07. The zero-order valence-corrected chi connectivity index (χ0v) is 8.28. The highest BCUT2D eigenvalue weighted by molar-refractivity contribution is 5.03. The van der Waals surface area contributed by atoms with Crippen molar-refractivity contribution in [2.24, 2.45) is 11.3 Å². The van der Waals surface area contributed by atoms with Gasteiger partial charge in [-0.05, 0) is 31.2 Å². The Labute approximate surface area is 70.6 Å². The fourth-order valence-corrected chi connectivity index (χ4v) is 1.75. The first-order chi connectivity index (χ1) is 5.08. The van der Waals surface area contributed by atoms with Gasteiger partial charge in [0.15, 0.2) is 0 Å². The van der Waals surface area contributed by atoms with Gasteiger partial charge in [0.1, 0.15) is 0 Å². The summed E-state index contributed by atoms with van der Waals surface area (Å²) < 4.78 is 0. The van der Waals surface area contributed by atoms with Crippen LogP contribution in [0.4, 0.5) is 0 Å². The molecule has 0 aromatic rings. The summed E-state index contributed by atoms with van der Waals surface area (Å²) in [6, 6.07) is 0.807. The van der Waals surface area contributed by atoms with Gasteiger partial charge in [0.05, 0.1) is 0 Å². The van der Waals surface area contributed by atoms with Crippen LogP contribution in [0.2, 0.25) is 0 Å². The van der Waals surface area contributed by atoms with Crippen LogP contribution < -0.4 is 5.32 Å². The van der Waals surface area contributed by atoms with Crippen LogP contribution in [0.5, 0.6) is 0 Å². The van der Waals surface area contributed by atoms with Gasteiger partial charge in [0.2, 0.25) is 0 Å². The van der Waals surface area contributed by atoms with Crippen molar-refractivity contribution in [2.45, 2.75) is 46.1 Å². The SMILES string of the molecule is CNC1CC1(C)CCC(C)C. The van der Waals surface area contributed by atoms with E-state index in [2.05, 4.69) is 33.1 Å². The third-order valence-electron chi connectivity index (χ3n) is 2.99. The number of hydrogen-bond acceptors (Lipinski definition) is 1. The van der Waals surface area contributed by atoms with Crippen molar-refractivity contribution < 1.29 is 0 Å². The molecule has 0 bridgehead atoms. The third-order valence-corrected chi connectivity index (χ3v) is 2.99. The Balaban J connectivity index is 2.18. The molecule has 0 spiro atoms. The molecule has 1 aliphatic rings. The van der Waals surface area contributed by atoms with Crippen molar-refractivity contribution >= 4 is 0 Å². The second-order valence-corrected chi connectivity index (χ2v) is 4.63. The second kappa shape index (κ2) is 3.14. The summed E-state index contributed by atoms with van der Waals surface area (Å²) in [5, 5.41) is 3.35. The summed E-state index contributed by atoms with van der Waals surface area (Å²) in [5.74, 6) is 0.866. The van der Waals surface area contributed by atoms with E-state index < -0.39 is 0 Å². The molecule has 0 amide bonds. The summed E-state index contributed by atoms with van der Waals surface area (Å²) in [6.07, 6.45) is 4.17. The van der Waals surface area contributed by atoms with Gasteiger partial charge in [-0.25, -0.2) is 0 Å². The molecular formula is C10H21N. The molecule has 1 aliphatic carbocycles. The lowest BCUT2D eigenvalue weighted by molar-refractivity contribution is 0.412. The van der Waals surface area contributed by atoms with E-state index in [1.807, 2.05) is 0 Å². The van der Waals surface area contributed by atoms with Gasteiger partial charge in [-0.1, -0.05) is 27.2 Å². The Bertz CT molecular complexity index is 131. The minimum Gasteiger partial charge on any atom is -0.316 e. The smallest absolute Gasteiger partial charge is 0.0124 e. The highest BCUT2D eigenvalue weighted by Crippen LogP contribution is 2.49. The minimum atomic E-state index is 0.638. The van der Waals surface area contributed by atoms with Crippen LogP contribution in [-0.2, 0) is 0 Å². The molecule has 0 aromatic carbocycles. The van der Waals surface area contributed by atoms with Crippen LogP contribution in [0.15, 0.2) is 0 Å². The molecule has 2 atom stereocenters. The first kappa shape index (κ1) is 9.05. The van der Waals surface area contributed by atoms with E-state index in [1.165, 1.54) is 19.3 Å². The van der Waals surface area contributed by atoms with Gasteiger partial charge in [-0.2, -0.15) is 0 Å². The molecule has 1 heteroatoms. The third kappa shape index (κ3) is 2.19. The highest BCUT2D eigenvalue weighted by Gasteiger charge is 2.48. The van der Waals surface area contributed by atoms with Gasteiger partial charge in [0, 0.05) is 6.04 Å². The fraction of sp³-hybridized carbons (Fsp3) is 1.00. The van der Waals surface area contributed by atoms with E-state index >= 15 is 0 Å². The van der Waals surface area contributed by atoms with E-state index in [9.17, 15) is 0 Å². The van der Waals surface area contributed by atoms with E-state index in [0.29, 0.717) is 5.41 Å². The first-order valence-electron chi connectivity index (χ1n) is 4.76. The van der Waals surface area contributed by atoms with Gasteiger partial charge in [-0.3, -0.25) is 0 Å². The van der Waals surface area contributed by atoms with Crippen LogP contribution in [0.1, 0.15) is 40.0 Å². The Morgan fingerprint density at radius 1 is 1.55 bits per heavy atom. The van der Waals surface area contributed by atoms with Gasteiger partial charge in [0.25, 0.3) is 0 Å². The molecule has 1 rings (SSSR count). The van der Waals surface area contributed by atoms with Crippen molar-refractivity contribution in [3.05, 3.63) is 0 Å². The predicted octanol–water partition coefficient (Wildman–Crippen LogP) is 2.42. The lowest BCUT2D eigenvalue weighted by atomic mass is 9.96. The molecule has 0 aromatic heterocycles. The maximum atomic E-state index is 3.35. The van der Waals surface area contributed by atoms with Gasteiger partial charge >= 0.3 is 0 Å². The first-order valence-corrected chi connectivity index (χ1v) is 4.76. The Hall–Kier alpha value is -0.0400. The van der Waals surface area contributed by atoms with Gasteiger partial charge < -0.3 is 5.32 Å². The van der Waals surface area contributed by atoms with E-state index in [4.69, 9.17) is 0 Å². The van der Waals surface area contributed by atoms with Crippen LogP contribution in [0.25, 0.3) is 0 Å². The molecule has 66 valence electrons. The summed E-state index contributed by atoms with van der Waals surface area (Å²) >= 11 is 0. The maximum Gasteiger partial charge on any atom is 0.0124 e. The highest BCUT2D eigenvalue weighted by atomic mass is 15.0. The molecule has 11 heavy (non-hydrogen) atoms. The summed E-state index contributed by atoms with van der Waals surface area (Å²) in [5.41, 5.74) is 0.638. The van der Waals surface area contributed by atoms with Crippen molar-refractivity contribution in [3.8, 4) is 0 Å².